The number of rotatable bonds is 6. The van der Waals surface area contributed by atoms with Crippen LogP contribution in [-0.4, -0.2) is 79.8 Å². The smallest absolute Gasteiger partial charge is 0.406 e. The summed E-state index contributed by atoms with van der Waals surface area (Å²) in [6, 6.07) is 13.9. The Balaban J connectivity index is 1.47. The van der Waals surface area contributed by atoms with Crippen LogP contribution in [0.5, 0.6) is 5.75 Å². The molecule has 0 spiro atoms. The van der Waals surface area contributed by atoms with Gasteiger partial charge < -0.3 is 24.6 Å². The molecule has 0 aromatic heterocycles. The summed E-state index contributed by atoms with van der Waals surface area (Å²) in [6.45, 7) is 2.03. The fourth-order valence-corrected chi connectivity index (χ4v) is 4.62. The number of hydrogen-bond donors (Lipinski definition) is 1. The van der Waals surface area contributed by atoms with Crippen LogP contribution in [-0.2, 0) is 9.53 Å². The Hall–Kier alpha value is -3.60. The van der Waals surface area contributed by atoms with Crippen molar-refractivity contribution in [1.29, 1.82) is 0 Å². The third kappa shape index (κ3) is 7.22. The van der Waals surface area contributed by atoms with Crippen molar-refractivity contribution in [3.8, 4) is 5.75 Å². The zero-order chi connectivity index (χ0) is 26.4. The third-order valence-electron chi connectivity index (χ3n) is 6.48. The standard InChI is InChI=1S/C26H28F3N3O5/c27-26(28,29)37-22-8-6-18(7-9-22)20-14-21(17-32(16-20)25(35)31-10-12-36-13-11-31)24(34)30-15-23(33)19-4-2-1-3-5-19/h1-9,20-21H,10-17H2,(H,30,34). The molecule has 37 heavy (non-hydrogen) atoms. The maximum absolute atomic E-state index is 13.2. The van der Waals surface area contributed by atoms with Gasteiger partial charge in [-0.1, -0.05) is 42.5 Å². The van der Waals surface area contributed by atoms with Crippen LogP contribution in [0.15, 0.2) is 54.6 Å². The van der Waals surface area contributed by atoms with Gasteiger partial charge in [0.05, 0.1) is 25.7 Å². The van der Waals surface area contributed by atoms with E-state index in [0.29, 0.717) is 50.4 Å². The van der Waals surface area contributed by atoms with Crippen molar-refractivity contribution in [3.63, 3.8) is 0 Å². The van der Waals surface area contributed by atoms with Crippen molar-refractivity contribution >= 4 is 17.7 Å². The molecule has 4 rings (SSSR count). The predicted molar refractivity (Wildman–Crippen MR) is 127 cm³/mol. The number of halogens is 3. The first-order valence-electron chi connectivity index (χ1n) is 12.0. The number of ether oxygens (including phenoxy) is 2. The summed E-state index contributed by atoms with van der Waals surface area (Å²) in [5.41, 5.74) is 1.17. The van der Waals surface area contributed by atoms with Crippen LogP contribution in [0.3, 0.4) is 0 Å². The van der Waals surface area contributed by atoms with E-state index in [9.17, 15) is 27.6 Å². The summed E-state index contributed by atoms with van der Waals surface area (Å²) in [7, 11) is 0. The highest BCUT2D eigenvalue weighted by atomic mass is 19.4. The lowest BCUT2D eigenvalue weighted by Gasteiger charge is -2.40. The van der Waals surface area contributed by atoms with E-state index in [2.05, 4.69) is 10.1 Å². The molecule has 3 amide bonds. The molecule has 2 heterocycles. The van der Waals surface area contributed by atoms with Crippen LogP contribution < -0.4 is 10.1 Å². The molecule has 11 heteroatoms. The molecule has 2 saturated heterocycles. The number of morpholine rings is 1. The quantitative estimate of drug-likeness (QED) is 0.591. The number of urea groups is 1. The minimum atomic E-state index is -4.80. The number of nitrogens with one attached hydrogen (secondary N) is 1. The fourth-order valence-electron chi connectivity index (χ4n) is 4.62. The molecule has 8 nitrogen and oxygen atoms in total. The minimum Gasteiger partial charge on any atom is -0.406 e. The molecule has 198 valence electrons. The summed E-state index contributed by atoms with van der Waals surface area (Å²) in [5, 5.41) is 2.69. The number of nitrogens with zero attached hydrogens (tertiary/aromatic N) is 2. The van der Waals surface area contributed by atoms with Gasteiger partial charge in [-0.15, -0.1) is 13.2 Å². The second-order valence-electron chi connectivity index (χ2n) is 9.04. The van der Waals surface area contributed by atoms with Crippen molar-refractivity contribution in [3.05, 3.63) is 65.7 Å². The minimum absolute atomic E-state index is 0.174. The molecule has 2 atom stereocenters. The van der Waals surface area contributed by atoms with E-state index in [4.69, 9.17) is 4.74 Å². The lowest BCUT2D eigenvalue weighted by atomic mass is 9.84. The Morgan fingerprint density at radius 1 is 0.946 bits per heavy atom. The van der Waals surface area contributed by atoms with E-state index in [1.807, 2.05) is 0 Å². The average Bonchev–Trinajstić information content (AvgIpc) is 2.91. The third-order valence-corrected chi connectivity index (χ3v) is 6.48. The van der Waals surface area contributed by atoms with Gasteiger partial charge in [-0.25, -0.2) is 4.79 Å². The number of Topliss-reactive ketones (excluding diaryl/α,β-unsaturated/α-hetero) is 1. The molecular weight excluding hydrogens is 491 g/mol. The summed E-state index contributed by atoms with van der Waals surface area (Å²) in [4.78, 5) is 42.0. The van der Waals surface area contributed by atoms with Gasteiger partial charge in [0.1, 0.15) is 5.75 Å². The Labute approximate surface area is 212 Å². The molecule has 0 bridgehead atoms. The summed E-state index contributed by atoms with van der Waals surface area (Å²) in [6.07, 6.45) is -4.42. The Kier molecular flexibility index (Phi) is 8.32. The van der Waals surface area contributed by atoms with Crippen molar-refractivity contribution in [2.24, 2.45) is 5.92 Å². The molecule has 0 saturated carbocycles. The number of piperidine rings is 1. The first-order valence-corrected chi connectivity index (χ1v) is 12.0. The van der Waals surface area contributed by atoms with Crippen LogP contribution in [0.25, 0.3) is 0 Å². The Morgan fingerprint density at radius 3 is 2.27 bits per heavy atom. The number of alkyl halides is 3. The molecule has 2 unspecified atom stereocenters. The largest absolute Gasteiger partial charge is 0.573 e. The van der Waals surface area contributed by atoms with Crippen LogP contribution in [0, 0.1) is 5.92 Å². The molecular formula is C26H28F3N3O5. The SMILES string of the molecule is O=C(CNC(=O)C1CC(c2ccc(OC(F)(F)F)cc2)CN(C(=O)N2CCOCC2)C1)c1ccccc1. The lowest BCUT2D eigenvalue weighted by molar-refractivity contribution is -0.274. The zero-order valence-corrected chi connectivity index (χ0v) is 20.1. The highest BCUT2D eigenvalue weighted by Gasteiger charge is 2.37. The van der Waals surface area contributed by atoms with Gasteiger partial charge in [0.15, 0.2) is 5.78 Å². The highest BCUT2D eigenvalue weighted by Crippen LogP contribution is 2.33. The van der Waals surface area contributed by atoms with Crippen LogP contribution >= 0.6 is 0 Å². The van der Waals surface area contributed by atoms with Crippen LogP contribution in [0.2, 0.25) is 0 Å². The normalized spacial score (nSPS) is 20.3. The average molecular weight is 520 g/mol. The van der Waals surface area contributed by atoms with Gasteiger partial charge in [0, 0.05) is 37.7 Å². The monoisotopic (exact) mass is 519 g/mol. The second-order valence-corrected chi connectivity index (χ2v) is 9.04. The van der Waals surface area contributed by atoms with Crippen LogP contribution in [0.1, 0.15) is 28.3 Å². The fraction of sp³-hybridized carbons (Fsp3) is 0.423. The van der Waals surface area contributed by atoms with Gasteiger partial charge in [0.2, 0.25) is 5.91 Å². The summed E-state index contributed by atoms with van der Waals surface area (Å²) < 4.78 is 46.9. The van der Waals surface area contributed by atoms with E-state index in [1.54, 1.807) is 40.1 Å². The molecule has 2 aromatic rings. The number of carbonyl (C=O) groups is 3. The number of hydrogen-bond acceptors (Lipinski definition) is 5. The zero-order valence-electron chi connectivity index (χ0n) is 20.1. The topological polar surface area (TPSA) is 88.2 Å². The first kappa shape index (κ1) is 26.5. The van der Waals surface area contributed by atoms with Gasteiger partial charge in [-0.2, -0.15) is 0 Å². The maximum Gasteiger partial charge on any atom is 0.573 e. The molecule has 0 aliphatic carbocycles. The summed E-state index contributed by atoms with van der Waals surface area (Å²) in [5.74, 6) is -1.83. The van der Waals surface area contributed by atoms with E-state index in [-0.39, 0.29) is 42.5 Å². The molecule has 2 aliphatic rings. The number of likely N-dealkylation sites (tertiary alicyclic amines) is 1. The summed E-state index contributed by atoms with van der Waals surface area (Å²) >= 11 is 0. The maximum atomic E-state index is 13.2. The molecule has 2 aromatic carbocycles. The number of ketones is 1. The van der Waals surface area contributed by atoms with Crippen LogP contribution in [0.4, 0.5) is 18.0 Å². The molecule has 2 fully saturated rings. The van der Waals surface area contributed by atoms with E-state index in [0.717, 1.165) is 0 Å². The molecule has 0 radical (unpaired) electrons. The first-order chi connectivity index (χ1) is 17.7. The number of amides is 3. The van der Waals surface area contributed by atoms with E-state index < -0.39 is 12.3 Å². The number of benzene rings is 2. The highest BCUT2D eigenvalue weighted by molar-refractivity contribution is 5.99. The van der Waals surface area contributed by atoms with Gasteiger partial charge >= 0.3 is 12.4 Å². The van der Waals surface area contributed by atoms with Crippen molar-refractivity contribution in [2.45, 2.75) is 18.7 Å². The van der Waals surface area contributed by atoms with Crippen molar-refractivity contribution < 1.29 is 37.0 Å². The van der Waals surface area contributed by atoms with Gasteiger partial charge in [-0.05, 0) is 24.1 Å². The Bertz CT molecular complexity index is 1090. The van der Waals surface area contributed by atoms with E-state index >= 15 is 0 Å². The lowest BCUT2D eigenvalue weighted by Crippen LogP contribution is -2.54. The van der Waals surface area contributed by atoms with Crippen molar-refractivity contribution in [1.82, 2.24) is 15.1 Å². The van der Waals surface area contributed by atoms with Gasteiger partial charge in [0.25, 0.3) is 0 Å². The second kappa shape index (κ2) is 11.6. The number of carbonyl (C=O) groups excluding carboxylic acids is 3. The molecule has 2 aliphatic heterocycles. The van der Waals surface area contributed by atoms with Crippen molar-refractivity contribution in [2.75, 3.05) is 45.9 Å². The molecule has 1 N–H and O–H groups in total. The van der Waals surface area contributed by atoms with Gasteiger partial charge in [-0.3, -0.25) is 9.59 Å². The predicted octanol–water partition coefficient (Wildman–Crippen LogP) is 3.44. The van der Waals surface area contributed by atoms with E-state index in [1.165, 1.54) is 24.3 Å². The Morgan fingerprint density at radius 2 is 1.62 bits per heavy atom.